The van der Waals surface area contributed by atoms with E-state index in [9.17, 15) is 14.1 Å². The summed E-state index contributed by atoms with van der Waals surface area (Å²) >= 11 is 8.86. The number of hydrogen-bond donors (Lipinski definition) is 2. The minimum Gasteiger partial charge on any atom is -0.315 e. The van der Waals surface area contributed by atoms with Crippen LogP contribution in [-0.4, -0.2) is 36.3 Å². The van der Waals surface area contributed by atoms with Crippen LogP contribution in [0.5, 0.6) is 0 Å². The number of aromatic nitrogens is 2. The van der Waals surface area contributed by atoms with Gasteiger partial charge >= 0.3 is 0 Å². The van der Waals surface area contributed by atoms with Crippen LogP contribution in [0.3, 0.4) is 0 Å². The standard InChI is InChI=1S/C14H14N4O3S3/c19-13-9-15-6-8-16(13)10-1-3-11(4-2-10)17-7-5-12(14(17)20)18(22)24(21)23/h1-4,6,8-9,12,22H,5,7H2,(H,21,23). The van der Waals surface area contributed by atoms with Crippen molar-refractivity contribution in [2.75, 3.05) is 11.4 Å². The van der Waals surface area contributed by atoms with Crippen LogP contribution >= 0.6 is 12.8 Å². The van der Waals surface area contributed by atoms with Gasteiger partial charge in [-0.05, 0) is 41.9 Å². The number of amides is 1. The minimum absolute atomic E-state index is 0.157. The van der Waals surface area contributed by atoms with Crippen LogP contribution in [0.1, 0.15) is 6.42 Å². The number of carbonyl (C=O) groups excluding carboxylic acids is 1. The highest BCUT2D eigenvalue weighted by Crippen LogP contribution is 2.26. The maximum absolute atomic E-state index is 12.5. The molecule has 1 aromatic carbocycles. The van der Waals surface area contributed by atoms with E-state index in [1.165, 1.54) is 20.7 Å². The molecule has 1 aliphatic heterocycles. The number of nitrogens with zero attached hydrogens (tertiary/aromatic N) is 4. The quantitative estimate of drug-likeness (QED) is 0.767. The Balaban J connectivity index is 1.82. The lowest BCUT2D eigenvalue weighted by Gasteiger charge is -2.21. The van der Waals surface area contributed by atoms with Crippen molar-refractivity contribution < 1.29 is 9.35 Å². The predicted octanol–water partition coefficient (Wildman–Crippen LogP) is 0.953. The Morgan fingerprint density at radius 1 is 1.29 bits per heavy atom. The summed E-state index contributed by atoms with van der Waals surface area (Å²) in [5.41, 5.74) is 1.18. The van der Waals surface area contributed by atoms with Gasteiger partial charge in [-0.2, -0.15) is 3.71 Å². The lowest BCUT2D eigenvalue weighted by atomic mass is 10.2. The fourth-order valence-corrected chi connectivity index (χ4v) is 3.53. The molecule has 0 saturated carbocycles. The molecule has 126 valence electrons. The van der Waals surface area contributed by atoms with Gasteiger partial charge in [0, 0.05) is 30.3 Å². The molecular formula is C14H14N4O3S3. The zero-order chi connectivity index (χ0) is 17.3. The fourth-order valence-electron chi connectivity index (χ4n) is 2.59. The smallest absolute Gasteiger partial charge is 0.273 e. The van der Waals surface area contributed by atoms with Gasteiger partial charge in [-0.15, -0.1) is 0 Å². The monoisotopic (exact) mass is 382 g/mol. The van der Waals surface area contributed by atoms with Crippen molar-refractivity contribution in [3.8, 4) is 5.69 Å². The van der Waals surface area contributed by atoms with Gasteiger partial charge < -0.3 is 9.45 Å². The van der Waals surface area contributed by atoms with Gasteiger partial charge in [0.2, 0.25) is 5.91 Å². The first kappa shape index (κ1) is 17.2. The lowest BCUT2D eigenvalue weighted by molar-refractivity contribution is -0.119. The average molecular weight is 382 g/mol. The van der Waals surface area contributed by atoms with E-state index in [1.807, 2.05) is 0 Å². The maximum Gasteiger partial charge on any atom is 0.273 e. The second-order valence-corrected chi connectivity index (χ2v) is 7.58. The van der Waals surface area contributed by atoms with Gasteiger partial charge in [-0.1, -0.05) is 12.8 Å². The van der Waals surface area contributed by atoms with Crippen LogP contribution in [-0.2, 0) is 25.9 Å². The lowest BCUT2D eigenvalue weighted by Crippen LogP contribution is -2.37. The highest BCUT2D eigenvalue weighted by molar-refractivity contribution is 8.27. The fraction of sp³-hybridized carbons (Fsp3) is 0.214. The number of thiol groups is 1. The van der Waals surface area contributed by atoms with Crippen molar-refractivity contribution in [1.82, 2.24) is 13.3 Å². The van der Waals surface area contributed by atoms with Crippen molar-refractivity contribution in [2.45, 2.75) is 12.5 Å². The van der Waals surface area contributed by atoms with E-state index in [4.69, 9.17) is 11.2 Å². The largest absolute Gasteiger partial charge is 0.315 e. The van der Waals surface area contributed by atoms with Crippen LogP contribution < -0.4 is 10.5 Å². The first-order valence-electron chi connectivity index (χ1n) is 7.02. The Morgan fingerprint density at radius 3 is 2.58 bits per heavy atom. The average Bonchev–Trinajstić information content (AvgIpc) is 2.96. The van der Waals surface area contributed by atoms with E-state index >= 15 is 0 Å². The topological polar surface area (TPSA) is 78.7 Å². The molecule has 3 rings (SSSR count). The molecule has 10 heteroatoms. The third kappa shape index (κ3) is 3.28. The Labute approximate surface area is 151 Å². The zero-order valence-corrected chi connectivity index (χ0v) is 14.9. The molecule has 0 spiro atoms. The van der Waals surface area contributed by atoms with Crippen molar-refractivity contribution >= 4 is 45.5 Å². The van der Waals surface area contributed by atoms with E-state index in [1.54, 1.807) is 35.4 Å². The van der Waals surface area contributed by atoms with Crippen LogP contribution in [0, 0.1) is 0 Å². The molecule has 0 aliphatic carbocycles. The van der Waals surface area contributed by atoms with Crippen LogP contribution in [0.4, 0.5) is 5.69 Å². The third-order valence-electron chi connectivity index (χ3n) is 3.77. The van der Waals surface area contributed by atoms with Gasteiger partial charge in [0.05, 0.1) is 16.1 Å². The van der Waals surface area contributed by atoms with Crippen LogP contribution in [0.15, 0.2) is 47.7 Å². The summed E-state index contributed by atoms with van der Waals surface area (Å²) in [6.45, 7) is 0.516. The summed E-state index contributed by atoms with van der Waals surface area (Å²) in [4.78, 5) is 29.7. The Morgan fingerprint density at radius 2 is 1.96 bits per heavy atom. The molecule has 1 amide bonds. The summed E-state index contributed by atoms with van der Waals surface area (Å²) in [6, 6.07) is 6.54. The van der Waals surface area contributed by atoms with Gasteiger partial charge in [0.1, 0.15) is 6.04 Å². The van der Waals surface area contributed by atoms with Crippen molar-refractivity contribution in [3.63, 3.8) is 0 Å². The molecule has 2 unspecified atom stereocenters. The molecule has 2 atom stereocenters. The summed E-state index contributed by atoms with van der Waals surface area (Å²) in [5.74, 6) is -0.157. The molecule has 7 nitrogen and oxygen atoms in total. The second-order valence-electron chi connectivity index (χ2n) is 5.13. The molecule has 0 radical (unpaired) electrons. The van der Waals surface area contributed by atoms with Gasteiger partial charge in [-0.3, -0.25) is 19.1 Å². The molecular weight excluding hydrogens is 368 g/mol. The Hall–Kier alpha value is -1.59. The minimum atomic E-state index is -1.48. The molecule has 1 saturated heterocycles. The summed E-state index contributed by atoms with van der Waals surface area (Å²) in [7, 11) is -1.48. The highest BCUT2D eigenvalue weighted by atomic mass is 32.8. The maximum atomic E-state index is 12.5. The van der Waals surface area contributed by atoms with Gasteiger partial charge in [0.25, 0.3) is 5.56 Å². The molecule has 1 fully saturated rings. The molecule has 1 aliphatic rings. The van der Waals surface area contributed by atoms with Crippen molar-refractivity contribution in [2.24, 2.45) is 0 Å². The number of benzene rings is 1. The summed E-state index contributed by atoms with van der Waals surface area (Å²) < 4.78 is 12.1. The molecule has 2 aromatic rings. The highest BCUT2D eigenvalue weighted by Gasteiger charge is 2.37. The zero-order valence-electron chi connectivity index (χ0n) is 12.3. The second kappa shape index (κ2) is 7.11. The first-order chi connectivity index (χ1) is 11.5. The SMILES string of the molecule is O=C1C(N(S)S(O)=S)CCN1c1ccc(-n2ccncc2=O)cc1. The first-order valence-corrected chi connectivity index (χ1v) is 9.49. The van der Waals surface area contributed by atoms with Gasteiger partial charge in [0.15, 0.2) is 0 Å². The van der Waals surface area contributed by atoms with E-state index in [-0.39, 0.29) is 11.5 Å². The number of anilines is 1. The van der Waals surface area contributed by atoms with Gasteiger partial charge in [-0.25, -0.2) is 0 Å². The normalized spacial score (nSPS) is 19.0. The van der Waals surface area contributed by atoms with E-state index in [0.717, 1.165) is 5.69 Å². The molecule has 1 aromatic heterocycles. The van der Waals surface area contributed by atoms with Crippen LogP contribution in [0.25, 0.3) is 5.69 Å². The van der Waals surface area contributed by atoms with Crippen molar-refractivity contribution in [1.29, 1.82) is 0 Å². The van der Waals surface area contributed by atoms with E-state index in [2.05, 4.69) is 17.8 Å². The Kier molecular flexibility index (Phi) is 5.11. The number of hydrogen-bond acceptors (Lipinski definition) is 5. The summed E-state index contributed by atoms with van der Waals surface area (Å²) in [6.07, 6.45) is 4.89. The molecule has 0 bridgehead atoms. The van der Waals surface area contributed by atoms with Crippen LogP contribution in [0.2, 0.25) is 0 Å². The number of rotatable bonds is 4. The Bertz CT molecular complexity index is 840. The van der Waals surface area contributed by atoms with Crippen molar-refractivity contribution in [3.05, 3.63) is 53.2 Å². The molecule has 1 N–H and O–H groups in total. The molecule has 24 heavy (non-hydrogen) atoms. The molecule has 2 heterocycles. The summed E-state index contributed by atoms with van der Waals surface area (Å²) in [5, 5.41) is 0. The number of carbonyl (C=O) groups is 1. The van der Waals surface area contributed by atoms with E-state index in [0.29, 0.717) is 18.7 Å². The van der Waals surface area contributed by atoms with E-state index < -0.39 is 16.0 Å². The predicted molar refractivity (Wildman–Crippen MR) is 98.8 cm³/mol. The third-order valence-corrected chi connectivity index (χ3v) is 5.90.